The molecule has 1 saturated heterocycles. The van der Waals surface area contributed by atoms with E-state index < -0.39 is 5.82 Å². The minimum atomic E-state index is -0.587. The SMILES string of the molecule is CC1(C)CC(Oc2ccc(-c3c(O)cc(-c4cn[nH]c4)cc3F)nn2)CC(C)(C)N1. The van der Waals surface area contributed by atoms with Gasteiger partial charge in [0.05, 0.1) is 17.5 Å². The molecule has 8 heteroatoms. The molecule has 3 heterocycles. The topological polar surface area (TPSA) is 96.0 Å². The Morgan fingerprint density at radius 2 is 1.80 bits per heavy atom. The number of halogens is 1. The van der Waals surface area contributed by atoms with Crippen LogP contribution in [0.25, 0.3) is 22.4 Å². The quantitative estimate of drug-likeness (QED) is 0.599. The number of nitrogens with one attached hydrogen (secondary N) is 2. The van der Waals surface area contributed by atoms with Crippen molar-refractivity contribution in [2.45, 2.75) is 57.7 Å². The third-order valence-electron chi connectivity index (χ3n) is 5.24. The Bertz CT molecular complexity index is 993. The molecule has 1 aliphatic rings. The predicted octanol–water partition coefficient (Wildman–Crippen LogP) is 4.07. The summed E-state index contributed by atoms with van der Waals surface area (Å²) in [5.74, 6) is -0.417. The number of ether oxygens (including phenoxy) is 1. The fourth-order valence-corrected chi connectivity index (χ4v) is 4.42. The molecule has 0 unspecified atom stereocenters. The number of nitrogens with zero attached hydrogens (tertiary/aromatic N) is 3. The summed E-state index contributed by atoms with van der Waals surface area (Å²) in [5, 5.41) is 28.7. The molecule has 1 fully saturated rings. The van der Waals surface area contributed by atoms with Crippen molar-refractivity contribution in [2.24, 2.45) is 0 Å². The van der Waals surface area contributed by atoms with Crippen molar-refractivity contribution in [3.63, 3.8) is 0 Å². The van der Waals surface area contributed by atoms with Gasteiger partial charge < -0.3 is 15.2 Å². The zero-order chi connectivity index (χ0) is 21.5. The molecule has 1 aliphatic heterocycles. The van der Waals surface area contributed by atoms with Crippen LogP contribution in [-0.2, 0) is 0 Å². The summed E-state index contributed by atoms with van der Waals surface area (Å²) in [6.45, 7) is 8.60. The van der Waals surface area contributed by atoms with Crippen LogP contribution in [0.4, 0.5) is 4.39 Å². The molecule has 158 valence electrons. The van der Waals surface area contributed by atoms with Crippen molar-refractivity contribution < 1.29 is 14.2 Å². The second kappa shape index (κ2) is 7.36. The standard InChI is InChI=1S/C22H26FN5O2/c1-21(2)9-15(10-22(3,4)28-21)30-19-6-5-17(26-27-19)20-16(23)7-13(8-18(20)29)14-11-24-25-12-14/h5-8,11-12,15,28-29H,9-10H2,1-4H3,(H,24,25). The van der Waals surface area contributed by atoms with E-state index in [4.69, 9.17) is 4.74 Å². The molecule has 30 heavy (non-hydrogen) atoms. The molecule has 3 aromatic rings. The van der Waals surface area contributed by atoms with Crippen LogP contribution >= 0.6 is 0 Å². The number of H-pyrrole nitrogens is 1. The molecule has 0 aliphatic carbocycles. The first-order chi connectivity index (χ1) is 14.1. The van der Waals surface area contributed by atoms with Gasteiger partial charge in [0.25, 0.3) is 0 Å². The Balaban J connectivity index is 1.54. The van der Waals surface area contributed by atoms with Gasteiger partial charge in [-0.3, -0.25) is 5.10 Å². The molecular formula is C22H26FN5O2. The minimum Gasteiger partial charge on any atom is -0.507 e. The largest absolute Gasteiger partial charge is 0.507 e. The van der Waals surface area contributed by atoms with Crippen molar-refractivity contribution in [3.05, 3.63) is 42.5 Å². The lowest BCUT2D eigenvalue weighted by Gasteiger charge is -2.46. The molecule has 7 nitrogen and oxygen atoms in total. The third kappa shape index (κ3) is 4.28. The van der Waals surface area contributed by atoms with Gasteiger partial charge in [-0.25, -0.2) is 4.39 Å². The van der Waals surface area contributed by atoms with Gasteiger partial charge in [-0.1, -0.05) is 0 Å². The van der Waals surface area contributed by atoms with E-state index in [0.29, 0.717) is 17.0 Å². The highest BCUT2D eigenvalue weighted by Crippen LogP contribution is 2.35. The normalized spacial score (nSPS) is 18.3. The van der Waals surface area contributed by atoms with Crippen LogP contribution in [0.15, 0.2) is 36.7 Å². The van der Waals surface area contributed by atoms with Gasteiger partial charge in [0.15, 0.2) is 0 Å². The van der Waals surface area contributed by atoms with Gasteiger partial charge >= 0.3 is 0 Å². The van der Waals surface area contributed by atoms with Gasteiger partial charge in [-0.15, -0.1) is 10.2 Å². The summed E-state index contributed by atoms with van der Waals surface area (Å²) in [7, 11) is 0. The van der Waals surface area contributed by atoms with Gasteiger partial charge in [0, 0.05) is 41.7 Å². The second-order valence-electron chi connectivity index (χ2n) is 9.14. The highest BCUT2D eigenvalue weighted by Gasteiger charge is 2.38. The van der Waals surface area contributed by atoms with Crippen molar-refractivity contribution in [1.29, 1.82) is 0 Å². The van der Waals surface area contributed by atoms with Crippen LogP contribution in [0.2, 0.25) is 0 Å². The predicted molar refractivity (Wildman–Crippen MR) is 112 cm³/mol. The number of piperidine rings is 1. The second-order valence-corrected chi connectivity index (χ2v) is 9.14. The van der Waals surface area contributed by atoms with E-state index in [9.17, 15) is 9.50 Å². The Labute approximate surface area is 174 Å². The van der Waals surface area contributed by atoms with Crippen molar-refractivity contribution in [1.82, 2.24) is 25.7 Å². The summed E-state index contributed by atoms with van der Waals surface area (Å²) in [6.07, 6.45) is 4.86. The number of aromatic hydroxyl groups is 1. The number of rotatable bonds is 4. The van der Waals surface area contributed by atoms with Gasteiger partial charge in [-0.05, 0) is 51.5 Å². The maximum atomic E-state index is 14.7. The smallest absolute Gasteiger partial charge is 0.233 e. The number of hydrogen-bond acceptors (Lipinski definition) is 6. The van der Waals surface area contributed by atoms with E-state index in [1.807, 2.05) is 0 Å². The Morgan fingerprint density at radius 1 is 1.07 bits per heavy atom. The molecule has 0 bridgehead atoms. The monoisotopic (exact) mass is 411 g/mol. The summed E-state index contributed by atoms with van der Waals surface area (Å²) >= 11 is 0. The summed E-state index contributed by atoms with van der Waals surface area (Å²) in [4.78, 5) is 0. The summed E-state index contributed by atoms with van der Waals surface area (Å²) in [6, 6.07) is 6.09. The fraction of sp³-hybridized carbons (Fsp3) is 0.409. The Kier molecular flexibility index (Phi) is 4.97. The fourth-order valence-electron chi connectivity index (χ4n) is 4.42. The van der Waals surface area contributed by atoms with Gasteiger partial charge in [0.2, 0.25) is 5.88 Å². The first-order valence-corrected chi connectivity index (χ1v) is 9.94. The maximum absolute atomic E-state index is 14.7. The van der Waals surface area contributed by atoms with Crippen LogP contribution in [0, 0.1) is 5.82 Å². The van der Waals surface area contributed by atoms with E-state index in [-0.39, 0.29) is 34.2 Å². The van der Waals surface area contributed by atoms with E-state index in [1.165, 1.54) is 12.1 Å². The van der Waals surface area contributed by atoms with Gasteiger partial charge in [-0.2, -0.15) is 5.10 Å². The van der Waals surface area contributed by atoms with Crippen LogP contribution in [0.1, 0.15) is 40.5 Å². The molecule has 2 aromatic heterocycles. The van der Waals surface area contributed by atoms with E-state index >= 15 is 0 Å². The molecule has 0 atom stereocenters. The van der Waals surface area contributed by atoms with Crippen molar-refractivity contribution in [3.8, 4) is 34.0 Å². The van der Waals surface area contributed by atoms with Crippen LogP contribution in [-0.4, -0.2) is 42.7 Å². The lowest BCUT2D eigenvalue weighted by Crippen LogP contribution is -2.60. The number of phenolic OH excluding ortho intramolecular Hbond substituents is 1. The molecule has 4 rings (SSSR count). The lowest BCUT2D eigenvalue weighted by molar-refractivity contribution is 0.0524. The minimum absolute atomic E-state index is 0.00391. The average molecular weight is 411 g/mol. The third-order valence-corrected chi connectivity index (χ3v) is 5.24. The number of aromatic amines is 1. The van der Waals surface area contributed by atoms with Crippen LogP contribution in [0.5, 0.6) is 11.6 Å². The van der Waals surface area contributed by atoms with Gasteiger partial charge in [0.1, 0.15) is 17.7 Å². The number of aromatic nitrogens is 4. The molecular weight excluding hydrogens is 385 g/mol. The average Bonchev–Trinajstić information content (AvgIpc) is 3.14. The molecule has 1 aromatic carbocycles. The first-order valence-electron chi connectivity index (χ1n) is 9.94. The highest BCUT2D eigenvalue weighted by molar-refractivity contribution is 5.74. The van der Waals surface area contributed by atoms with Crippen molar-refractivity contribution >= 4 is 0 Å². The summed E-state index contributed by atoms with van der Waals surface area (Å²) < 4.78 is 20.8. The van der Waals surface area contributed by atoms with E-state index in [2.05, 4.69) is 53.4 Å². The number of hydrogen-bond donors (Lipinski definition) is 3. The molecule has 0 saturated carbocycles. The summed E-state index contributed by atoms with van der Waals surface area (Å²) in [5.41, 5.74) is 1.34. The zero-order valence-corrected chi connectivity index (χ0v) is 17.5. The van der Waals surface area contributed by atoms with E-state index in [0.717, 1.165) is 12.8 Å². The Morgan fingerprint density at radius 3 is 2.37 bits per heavy atom. The Hall–Kier alpha value is -3.00. The zero-order valence-electron chi connectivity index (χ0n) is 17.5. The van der Waals surface area contributed by atoms with E-state index in [1.54, 1.807) is 24.5 Å². The molecule has 0 radical (unpaired) electrons. The lowest BCUT2D eigenvalue weighted by atomic mass is 9.81. The van der Waals surface area contributed by atoms with Crippen LogP contribution in [0.3, 0.4) is 0 Å². The first kappa shape index (κ1) is 20.3. The molecule has 0 amide bonds. The number of phenols is 1. The number of benzene rings is 1. The maximum Gasteiger partial charge on any atom is 0.233 e. The highest BCUT2D eigenvalue weighted by atomic mass is 19.1. The molecule has 3 N–H and O–H groups in total. The van der Waals surface area contributed by atoms with Crippen LogP contribution < -0.4 is 10.1 Å². The van der Waals surface area contributed by atoms with Crippen molar-refractivity contribution in [2.75, 3.05) is 0 Å². The molecule has 0 spiro atoms.